The van der Waals surface area contributed by atoms with Gasteiger partial charge < -0.3 is 21.1 Å². The Morgan fingerprint density at radius 1 is 1.13 bits per heavy atom. The number of primary amides is 1. The van der Waals surface area contributed by atoms with E-state index in [0.29, 0.717) is 17.0 Å². The van der Waals surface area contributed by atoms with Gasteiger partial charge in [0.1, 0.15) is 5.75 Å². The number of carbonyl (C=O) groups excluding carboxylic acids is 2. The van der Waals surface area contributed by atoms with Gasteiger partial charge in [0.25, 0.3) is 5.91 Å². The van der Waals surface area contributed by atoms with E-state index in [9.17, 15) is 9.59 Å². The van der Waals surface area contributed by atoms with Gasteiger partial charge in [0.05, 0.1) is 13.7 Å². The molecule has 0 radical (unpaired) electrons. The third kappa shape index (κ3) is 4.47. The zero-order valence-electron chi connectivity index (χ0n) is 12.9. The van der Waals surface area contributed by atoms with Crippen LogP contribution in [0, 0.1) is 0 Å². The third-order valence-electron chi connectivity index (χ3n) is 3.28. The molecule has 2 amide bonds. The van der Waals surface area contributed by atoms with E-state index in [1.807, 2.05) is 18.2 Å². The summed E-state index contributed by atoms with van der Waals surface area (Å²) in [4.78, 5) is 25.3. The molecule has 0 saturated heterocycles. The van der Waals surface area contributed by atoms with Crippen molar-refractivity contribution in [2.75, 3.05) is 19.4 Å². The van der Waals surface area contributed by atoms with Crippen molar-refractivity contribution in [2.45, 2.75) is 6.54 Å². The van der Waals surface area contributed by atoms with Crippen molar-refractivity contribution in [1.29, 1.82) is 0 Å². The van der Waals surface area contributed by atoms with Gasteiger partial charge in [0.15, 0.2) is 0 Å². The highest BCUT2D eigenvalue weighted by Crippen LogP contribution is 2.16. The van der Waals surface area contributed by atoms with Gasteiger partial charge in [-0.15, -0.1) is 0 Å². The zero-order chi connectivity index (χ0) is 16.8. The quantitative estimate of drug-likeness (QED) is 0.788. The third-order valence-corrected chi connectivity index (χ3v) is 3.28. The van der Waals surface area contributed by atoms with Crippen LogP contribution in [0.1, 0.15) is 15.9 Å². The van der Waals surface area contributed by atoms with Crippen LogP contribution in [0.3, 0.4) is 0 Å². The first-order chi connectivity index (χ1) is 11.0. The van der Waals surface area contributed by atoms with Gasteiger partial charge in [-0.1, -0.05) is 18.2 Å². The predicted octanol–water partition coefficient (Wildman–Crippen LogP) is 1.41. The zero-order valence-corrected chi connectivity index (χ0v) is 12.9. The van der Waals surface area contributed by atoms with Gasteiger partial charge in [-0.05, 0) is 35.9 Å². The average molecular weight is 313 g/mol. The lowest BCUT2D eigenvalue weighted by atomic mass is 10.1. The minimum Gasteiger partial charge on any atom is -0.497 e. The van der Waals surface area contributed by atoms with E-state index in [4.69, 9.17) is 16.2 Å². The van der Waals surface area contributed by atoms with Crippen molar-refractivity contribution >= 4 is 17.5 Å². The second-order valence-electron chi connectivity index (χ2n) is 5.10. The second kappa shape index (κ2) is 7.31. The number of benzene rings is 2. The van der Waals surface area contributed by atoms with E-state index >= 15 is 0 Å². The summed E-state index contributed by atoms with van der Waals surface area (Å²) in [6.07, 6.45) is 0. The van der Waals surface area contributed by atoms with Crippen molar-refractivity contribution < 1.29 is 14.3 Å². The summed E-state index contributed by atoms with van der Waals surface area (Å²) in [5.41, 5.74) is 12.7. The summed E-state index contributed by atoms with van der Waals surface area (Å²) in [5.74, 6) is -0.206. The molecule has 0 unspecified atom stereocenters. The van der Waals surface area contributed by atoms with Gasteiger partial charge in [-0.2, -0.15) is 0 Å². The summed E-state index contributed by atoms with van der Waals surface area (Å²) in [6.45, 7) is 0.0681. The number of nitrogen functional groups attached to an aromatic ring is 1. The summed E-state index contributed by atoms with van der Waals surface area (Å²) in [5, 5.41) is 0. The van der Waals surface area contributed by atoms with Crippen LogP contribution >= 0.6 is 0 Å². The smallest absolute Gasteiger partial charge is 0.254 e. The van der Waals surface area contributed by atoms with Crippen LogP contribution in [-0.4, -0.2) is 30.4 Å². The molecule has 0 bridgehead atoms. The number of hydrogen-bond acceptors (Lipinski definition) is 4. The Hall–Kier alpha value is -3.02. The number of carbonyl (C=O) groups is 2. The first kappa shape index (κ1) is 16.4. The highest BCUT2D eigenvalue weighted by molar-refractivity contribution is 5.97. The minimum absolute atomic E-state index is 0.176. The molecule has 0 aromatic heterocycles. The number of nitrogens with two attached hydrogens (primary N) is 2. The van der Waals surface area contributed by atoms with E-state index in [1.54, 1.807) is 37.4 Å². The number of rotatable bonds is 6. The largest absolute Gasteiger partial charge is 0.497 e. The number of amides is 2. The molecule has 0 fully saturated rings. The van der Waals surface area contributed by atoms with Crippen molar-refractivity contribution in [1.82, 2.24) is 4.90 Å². The van der Waals surface area contributed by atoms with E-state index in [2.05, 4.69) is 0 Å². The number of hydrogen-bond donors (Lipinski definition) is 2. The molecule has 0 aliphatic carbocycles. The van der Waals surface area contributed by atoms with Crippen LogP contribution in [-0.2, 0) is 11.3 Å². The van der Waals surface area contributed by atoms with Gasteiger partial charge in [0, 0.05) is 17.8 Å². The number of ether oxygens (including phenoxy) is 1. The molecule has 2 aromatic rings. The lowest BCUT2D eigenvalue weighted by Gasteiger charge is -2.22. The van der Waals surface area contributed by atoms with Crippen molar-refractivity contribution in [3.05, 3.63) is 59.7 Å². The Bertz CT molecular complexity index is 716. The Morgan fingerprint density at radius 2 is 1.87 bits per heavy atom. The molecular formula is C17H19N3O3. The molecule has 0 saturated carbocycles. The maximum Gasteiger partial charge on any atom is 0.254 e. The van der Waals surface area contributed by atoms with Crippen LogP contribution in [0.25, 0.3) is 0 Å². The van der Waals surface area contributed by atoms with Gasteiger partial charge in [-0.25, -0.2) is 0 Å². The topological polar surface area (TPSA) is 98.6 Å². The molecule has 0 aliphatic rings. The molecule has 2 rings (SSSR count). The monoisotopic (exact) mass is 313 g/mol. The van der Waals surface area contributed by atoms with Gasteiger partial charge in [-0.3, -0.25) is 9.59 Å². The Balaban J connectivity index is 2.25. The van der Waals surface area contributed by atoms with Crippen LogP contribution < -0.4 is 16.2 Å². The fourth-order valence-corrected chi connectivity index (χ4v) is 2.23. The molecule has 0 spiro atoms. The molecule has 0 heterocycles. The average Bonchev–Trinajstić information content (AvgIpc) is 2.53. The van der Waals surface area contributed by atoms with E-state index in [0.717, 1.165) is 5.56 Å². The summed E-state index contributed by atoms with van der Waals surface area (Å²) in [6, 6.07) is 13.9. The van der Waals surface area contributed by atoms with E-state index in [-0.39, 0.29) is 19.0 Å². The minimum atomic E-state index is -0.579. The lowest BCUT2D eigenvalue weighted by molar-refractivity contribution is -0.118. The molecule has 4 N–H and O–H groups in total. The van der Waals surface area contributed by atoms with Crippen molar-refractivity contribution in [3.8, 4) is 5.75 Å². The van der Waals surface area contributed by atoms with Gasteiger partial charge in [0.2, 0.25) is 5.91 Å². The maximum absolute atomic E-state index is 12.6. The first-order valence-corrected chi connectivity index (χ1v) is 7.05. The molecule has 6 nitrogen and oxygen atoms in total. The normalized spacial score (nSPS) is 10.1. The molecular weight excluding hydrogens is 294 g/mol. The van der Waals surface area contributed by atoms with E-state index < -0.39 is 5.91 Å². The Morgan fingerprint density at radius 3 is 2.52 bits per heavy atom. The maximum atomic E-state index is 12.6. The molecule has 2 aromatic carbocycles. The van der Waals surface area contributed by atoms with Crippen molar-refractivity contribution in [3.63, 3.8) is 0 Å². The lowest BCUT2D eigenvalue weighted by Crippen LogP contribution is -2.38. The summed E-state index contributed by atoms with van der Waals surface area (Å²) in [7, 11) is 1.57. The molecule has 120 valence electrons. The second-order valence-corrected chi connectivity index (χ2v) is 5.10. The standard InChI is InChI=1S/C17H19N3O3/c1-23-15-7-2-4-12(8-15)10-20(11-16(19)21)17(22)13-5-3-6-14(18)9-13/h2-9H,10-11,18H2,1H3,(H2,19,21). The molecule has 6 heteroatoms. The van der Waals surface area contributed by atoms with Gasteiger partial charge >= 0.3 is 0 Å². The Kier molecular flexibility index (Phi) is 5.19. The summed E-state index contributed by atoms with van der Waals surface area (Å²) >= 11 is 0. The van der Waals surface area contributed by atoms with Crippen LogP contribution in [0.2, 0.25) is 0 Å². The highest BCUT2D eigenvalue weighted by atomic mass is 16.5. The Labute approximate surface area is 134 Å². The summed E-state index contributed by atoms with van der Waals surface area (Å²) < 4.78 is 5.17. The number of anilines is 1. The molecule has 0 atom stereocenters. The molecule has 23 heavy (non-hydrogen) atoms. The van der Waals surface area contributed by atoms with Crippen LogP contribution in [0.4, 0.5) is 5.69 Å². The van der Waals surface area contributed by atoms with Crippen LogP contribution in [0.15, 0.2) is 48.5 Å². The van der Waals surface area contributed by atoms with E-state index in [1.165, 1.54) is 4.90 Å². The van der Waals surface area contributed by atoms with Crippen LogP contribution in [0.5, 0.6) is 5.75 Å². The molecule has 0 aliphatic heterocycles. The predicted molar refractivity (Wildman–Crippen MR) is 87.8 cm³/mol. The number of methoxy groups -OCH3 is 1. The first-order valence-electron chi connectivity index (χ1n) is 7.05. The number of nitrogens with zero attached hydrogens (tertiary/aromatic N) is 1. The SMILES string of the molecule is COc1cccc(CN(CC(N)=O)C(=O)c2cccc(N)c2)c1. The van der Waals surface area contributed by atoms with Crippen molar-refractivity contribution in [2.24, 2.45) is 5.73 Å². The highest BCUT2D eigenvalue weighted by Gasteiger charge is 2.18. The fourth-order valence-electron chi connectivity index (χ4n) is 2.23. The fraction of sp³-hybridized carbons (Fsp3) is 0.176.